The molecular weight excluding hydrogens is 280 g/mol. The summed E-state index contributed by atoms with van der Waals surface area (Å²) < 4.78 is 10.9. The number of benzene rings is 2. The van der Waals surface area contributed by atoms with Crippen LogP contribution in [0.4, 0.5) is 5.69 Å². The lowest BCUT2D eigenvalue weighted by molar-refractivity contribution is -0.115. The fourth-order valence-corrected chi connectivity index (χ4v) is 2.11. The molecule has 1 aromatic heterocycles. The molecular formula is C17H16N2O3. The van der Waals surface area contributed by atoms with Crippen molar-refractivity contribution in [3.8, 4) is 17.2 Å². The van der Waals surface area contributed by atoms with Gasteiger partial charge in [-0.15, -0.1) is 0 Å². The summed E-state index contributed by atoms with van der Waals surface area (Å²) in [6, 6.07) is 12.9. The van der Waals surface area contributed by atoms with Crippen LogP contribution in [0.25, 0.3) is 22.6 Å². The molecule has 0 radical (unpaired) electrons. The zero-order chi connectivity index (χ0) is 15.5. The van der Waals surface area contributed by atoms with E-state index in [4.69, 9.17) is 9.15 Å². The van der Waals surface area contributed by atoms with Gasteiger partial charge >= 0.3 is 0 Å². The molecule has 0 spiro atoms. The van der Waals surface area contributed by atoms with Gasteiger partial charge in [0, 0.05) is 23.7 Å². The van der Waals surface area contributed by atoms with Gasteiger partial charge in [0.2, 0.25) is 11.8 Å². The van der Waals surface area contributed by atoms with Crippen molar-refractivity contribution in [3.63, 3.8) is 0 Å². The third-order valence-corrected chi connectivity index (χ3v) is 3.33. The highest BCUT2D eigenvalue weighted by Crippen LogP contribution is 2.27. The maximum absolute atomic E-state index is 11.4. The summed E-state index contributed by atoms with van der Waals surface area (Å²) in [5.74, 6) is 1.29. The van der Waals surface area contributed by atoms with Crippen molar-refractivity contribution in [2.75, 3.05) is 12.4 Å². The topological polar surface area (TPSA) is 64.4 Å². The van der Waals surface area contributed by atoms with Gasteiger partial charge in [0.05, 0.1) is 7.11 Å². The molecule has 1 heterocycles. The summed E-state index contributed by atoms with van der Waals surface area (Å²) in [5, 5.41) is 2.80. The summed E-state index contributed by atoms with van der Waals surface area (Å²) >= 11 is 0. The molecule has 22 heavy (non-hydrogen) atoms. The van der Waals surface area contributed by atoms with E-state index in [1.807, 2.05) is 43.3 Å². The van der Waals surface area contributed by atoms with Crippen molar-refractivity contribution >= 4 is 22.7 Å². The van der Waals surface area contributed by atoms with Gasteiger partial charge in [0.15, 0.2) is 5.58 Å². The lowest BCUT2D eigenvalue weighted by Gasteiger charge is -2.01. The molecule has 0 aliphatic carbocycles. The second-order valence-corrected chi connectivity index (χ2v) is 4.83. The van der Waals surface area contributed by atoms with Gasteiger partial charge < -0.3 is 14.5 Å². The molecule has 0 aliphatic rings. The van der Waals surface area contributed by atoms with Crippen molar-refractivity contribution in [2.45, 2.75) is 13.3 Å². The molecule has 1 amide bonds. The van der Waals surface area contributed by atoms with Crippen molar-refractivity contribution in [2.24, 2.45) is 0 Å². The Hall–Kier alpha value is -2.82. The van der Waals surface area contributed by atoms with Crippen molar-refractivity contribution < 1.29 is 13.9 Å². The Balaban J connectivity index is 1.93. The second kappa shape index (κ2) is 5.89. The van der Waals surface area contributed by atoms with E-state index in [1.54, 1.807) is 13.2 Å². The number of rotatable bonds is 4. The number of hydrogen-bond acceptors (Lipinski definition) is 4. The monoisotopic (exact) mass is 296 g/mol. The molecule has 0 unspecified atom stereocenters. The lowest BCUT2D eigenvalue weighted by atomic mass is 10.2. The number of aromatic nitrogens is 1. The molecule has 0 bridgehead atoms. The number of fused-ring (bicyclic) bond motifs is 1. The first-order valence-electron chi connectivity index (χ1n) is 7.04. The van der Waals surface area contributed by atoms with E-state index >= 15 is 0 Å². The van der Waals surface area contributed by atoms with Crippen molar-refractivity contribution in [1.29, 1.82) is 0 Å². The molecule has 1 N–H and O–H groups in total. The Morgan fingerprint density at radius 3 is 2.68 bits per heavy atom. The Morgan fingerprint density at radius 2 is 2.00 bits per heavy atom. The first-order chi connectivity index (χ1) is 10.7. The maximum Gasteiger partial charge on any atom is 0.227 e. The molecule has 0 saturated heterocycles. The number of carbonyl (C=O) groups is 1. The normalized spacial score (nSPS) is 10.6. The molecule has 3 rings (SSSR count). The van der Waals surface area contributed by atoms with Gasteiger partial charge in [-0.05, 0) is 36.4 Å². The fraction of sp³-hybridized carbons (Fsp3) is 0.176. The van der Waals surface area contributed by atoms with Gasteiger partial charge in [-0.1, -0.05) is 6.92 Å². The van der Waals surface area contributed by atoms with Crippen LogP contribution in [0.3, 0.4) is 0 Å². The van der Waals surface area contributed by atoms with Gasteiger partial charge in [-0.25, -0.2) is 4.98 Å². The zero-order valence-corrected chi connectivity index (χ0v) is 12.4. The predicted molar refractivity (Wildman–Crippen MR) is 84.9 cm³/mol. The van der Waals surface area contributed by atoms with Crippen LogP contribution in [0.5, 0.6) is 5.75 Å². The third kappa shape index (κ3) is 2.79. The summed E-state index contributed by atoms with van der Waals surface area (Å²) in [6.07, 6.45) is 0.436. The molecule has 0 atom stereocenters. The van der Waals surface area contributed by atoms with Gasteiger partial charge in [-0.2, -0.15) is 0 Å². The number of oxazole rings is 1. The molecule has 2 aromatic carbocycles. The Kier molecular flexibility index (Phi) is 3.78. The van der Waals surface area contributed by atoms with E-state index in [0.717, 1.165) is 16.8 Å². The van der Waals surface area contributed by atoms with E-state index in [9.17, 15) is 4.79 Å². The molecule has 5 heteroatoms. The number of methoxy groups -OCH3 is 1. The van der Waals surface area contributed by atoms with Gasteiger partial charge in [0.1, 0.15) is 11.3 Å². The van der Waals surface area contributed by atoms with E-state index in [1.165, 1.54) is 0 Å². The van der Waals surface area contributed by atoms with E-state index in [0.29, 0.717) is 23.6 Å². The largest absolute Gasteiger partial charge is 0.497 e. The van der Waals surface area contributed by atoms with E-state index in [2.05, 4.69) is 10.3 Å². The Bertz CT molecular complexity index is 806. The quantitative estimate of drug-likeness (QED) is 0.794. The average molecular weight is 296 g/mol. The number of ether oxygens (including phenoxy) is 1. The van der Waals surface area contributed by atoms with Gasteiger partial charge in [-0.3, -0.25) is 4.79 Å². The smallest absolute Gasteiger partial charge is 0.227 e. The highest BCUT2D eigenvalue weighted by Gasteiger charge is 2.09. The minimum absolute atomic E-state index is 0.0331. The van der Waals surface area contributed by atoms with Crippen molar-refractivity contribution in [3.05, 3.63) is 42.5 Å². The maximum atomic E-state index is 11.4. The van der Waals surface area contributed by atoms with Crippen LogP contribution < -0.4 is 10.1 Å². The van der Waals surface area contributed by atoms with Crippen LogP contribution in [0.1, 0.15) is 13.3 Å². The summed E-state index contributed by atoms with van der Waals surface area (Å²) in [5.41, 5.74) is 2.97. The van der Waals surface area contributed by atoms with Crippen LogP contribution in [-0.4, -0.2) is 18.0 Å². The van der Waals surface area contributed by atoms with Gasteiger partial charge in [0.25, 0.3) is 0 Å². The minimum atomic E-state index is -0.0331. The summed E-state index contributed by atoms with van der Waals surface area (Å²) in [4.78, 5) is 15.9. The Morgan fingerprint density at radius 1 is 1.23 bits per heavy atom. The van der Waals surface area contributed by atoms with E-state index < -0.39 is 0 Å². The number of anilines is 1. The number of carbonyl (C=O) groups excluding carboxylic acids is 1. The zero-order valence-electron chi connectivity index (χ0n) is 12.4. The van der Waals surface area contributed by atoms with Crippen LogP contribution in [0.2, 0.25) is 0 Å². The van der Waals surface area contributed by atoms with Crippen LogP contribution in [0, 0.1) is 0 Å². The average Bonchev–Trinajstić information content (AvgIpc) is 2.98. The highest BCUT2D eigenvalue weighted by atomic mass is 16.5. The predicted octanol–water partition coefficient (Wildman–Crippen LogP) is 3.85. The number of nitrogens with zero attached hydrogens (tertiary/aromatic N) is 1. The van der Waals surface area contributed by atoms with Crippen molar-refractivity contribution in [1.82, 2.24) is 4.98 Å². The lowest BCUT2D eigenvalue weighted by Crippen LogP contribution is -2.08. The molecule has 3 aromatic rings. The fourth-order valence-electron chi connectivity index (χ4n) is 2.11. The molecule has 112 valence electrons. The van der Waals surface area contributed by atoms with Crippen LogP contribution >= 0.6 is 0 Å². The highest BCUT2D eigenvalue weighted by molar-refractivity contribution is 5.92. The molecule has 5 nitrogen and oxygen atoms in total. The Labute approximate surface area is 127 Å². The SMILES string of the molecule is CCC(=O)Nc1ccc2nc(-c3ccc(OC)cc3)oc2c1. The third-order valence-electron chi connectivity index (χ3n) is 3.33. The van der Waals surface area contributed by atoms with Crippen LogP contribution in [-0.2, 0) is 4.79 Å². The second-order valence-electron chi connectivity index (χ2n) is 4.83. The molecule has 0 aliphatic heterocycles. The first kappa shape index (κ1) is 14.1. The van der Waals surface area contributed by atoms with E-state index in [-0.39, 0.29) is 5.91 Å². The number of hydrogen-bond donors (Lipinski definition) is 1. The standard InChI is InChI=1S/C17H16N2O3/c1-3-16(20)18-12-6-9-14-15(10-12)22-17(19-14)11-4-7-13(21-2)8-5-11/h4-10H,3H2,1-2H3,(H,18,20). The first-order valence-corrected chi connectivity index (χ1v) is 7.04. The molecule has 0 saturated carbocycles. The summed E-state index contributed by atoms with van der Waals surface area (Å²) in [6.45, 7) is 1.81. The van der Waals surface area contributed by atoms with Crippen LogP contribution in [0.15, 0.2) is 46.9 Å². The summed E-state index contributed by atoms with van der Waals surface area (Å²) in [7, 11) is 1.63. The minimum Gasteiger partial charge on any atom is -0.497 e. The number of nitrogens with one attached hydrogen (secondary N) is 1. The molecule has 0 fully saturated rings. The number of amides is 1.